The summed E-state index contributed by atoms with van der Waals surface area (Å²) in [6.45, 7) is 2.42. The van der Waals surface area contributed by atoms with Crippen molar-refractivity contribution >= 4 is 23.7 Å². The number of nitrogens with one attached hydrogen (secondary N) is 1. The average Bonchev–Trinajstić information content (AvgIpc) is 2.91. The minimum absolute atomic E-state index is 0.0208. The van der Waals surface area contributed by atoms with Gasteiger partial charge in [-0.15, -0.1) is 0 Å². The minimum atomic E-state index is 0.0208. The number of amides is 1. The van der Waals surface area contributed by atoms with Crippen molar-refractivity contribution in [2.24, 2.45) is 22.4 Å². The molecule has 0 spiro atoms. The molecule has 2 fully saturated rings. The zero-order chi connectivity index (χ0) is 16.0. The molecule has 0 unspecified atom stereocenters. The maximum Gasteiger partial charge on any atom is 0.244 e. The van der Waals surface area contributed by atoms with Gasteiger partial charge < -0.3 is 9.47 Å². The molecule has 3 atom stereocenters. The first-order chi connectivity index (χ1) is 11.1. The highest BCUT2D eigenvalue weighted by molar-refractivity contribution is 6.33. The summed E-state index contributed by atoms with van der Waals surface area (Å²) in [6.07, 6.45) is 6.32. The Bertz CT molecular complexity index is 691. The van der Waals surface area contributed by atoms with Crippen molar-refractivity contribution < 1.29 is 14.3 Å². The van der Waals surface area contributed by atoms with Gasteiger partial charge in [0.05, 0.1) is 11.2 Å². The van der Waals surface area contributed by atoms with E-state index in [2.05, 4.69) is 17.5 Å². The first-order valence-corrected chi connectivity index (χ1v) is 8.39. The fourth-order valence-electron chi connectivity index (χ4n) is 4.12. The molecule has 4 rings (SSSR count). The number of hydrogen-bond acceptors (Lipinski definition) is 4. The van der Waals surface area contributed by atoms with Crippen molar-refractivity contribution in [2.75, 3.05) is 6.79 Å². The average molecular weight is 335 g/mol. The van der Waals surface area contributed by atoms with Gasteiger partial charge in [0.15, 0.2) is 11.5 Å². The summed E-state index contributed by atoms with van der Waals surface area (Å²) in [7, 11) is 0. The molecule has 1 N–H and O–H groups in total. The molecule has 1 aromatic carbocycles. The van der Waals surface area contributed by atoms with Crippen LogP contribution < -0.4 is 14.9 Å². The van der Waals surface area contributed by atoms with Crippen LogP contribution in [-0.4, -0.2) is 18.9 Å². The third-order valence-electron chi connectivity index (χ3n) is 5.48. The smallest absolute Gasteiger partial charge is 0.244 e. The molecule has 122 valence electrons. The molecule has 6 heteroatoms. The number of halogens is 1. The number of carbonyl (C=O) groups is 1. The fraction of sp³-hybridized carbons (Fsp3) is 0.529. The minimum Gasteiger partial charge on any atom is -0.454 e. The molecule has 0 radical (unpaired) electrons. The Kier molecular flexibility index (Phi) is 3.48. The molecule has 3 aliphatic rings. The van der Waals surface area contributed by atoms with Crippen LogP contribution >= 0.6 is 11.6 Å². The summed E-state index contributed by atoms with van der Waals surface area (Å²) >= 11 is 6.18. The van der Waals surface area contributed by atoms with Crippen molar-refractivity contribution in [3.05, 3.63) is 22.7 Å². The zero-order valence-corrected chi connectivity index (χ0v) is 13.7. The quantitative estimate of drug-likeness (QED) is 0.681. The Balaban J connectivity index is 1.41. The number of ether oxygens (including phenoxy) is 2. The third kappa shape index (κ3) is 2.47. The lowest BCUT2D eigenvalue weighted by Crippen LogP contribution is -2.22. The van der Waals surface area contributed by atoms with Gasteiger partial charge in [-0.3, -0.25) is 4.79 Å². The van der Waals surface area contributed by atoms with Gasteiger partial charge >= 0.3 is 0 Å². The van der Waals surface area contributed by atoms with E-state index >= 15 is 0 Å². The van der Waals surface area contributed by atoms with Crippen molar-refractivity contribution in [2.45, 2.75) is 32.6 Å². The summed E-state index contributed by atoms with van der Waals surface area (Å²) in [4.78, 5) is 12.3. The van der Waals surface area contributed by atoms with Crippen molar-refractivity contribution in [3.8, 4) is 11.5 Å². The van der Waals surface area contributed by atoms with Crippen LogP contribution in [0.15, 0.2) is 17.2 Å². The van der Waals surface area contributed by atoms with E-state index in [1.807, 2.05) is 0 Å². The molecule has 2 saturated carbocycles. The van der Waals surface area contributed by atoms with E-state index in [4.69, 9.17) is 21.1 Å². The normalized spacial score (nSPS) is 31.0. The van der Waals surface area contributed by atoms with Crippen LogP contribution in [0.5, 0.6) is 11.5 Å². The second-order valence-corrected chi connectivity index (χ2v) is 7.20. The molecule has 0 saturated heterocycles. The van der Waals surface area contributed by atoms with Gasteiger partial charge in [-0.1, -0.05) is 31.4 Å². The molecular formula is C17H19ClN2O3. The highest BCUT2D eigenvalue weighted by Crippen LogP contribution is 2.66. The Morgan fingerprint density at radius 1 is 1.39 bits per heavy atom. The number of carbonyl (C=O) groups excluding carboxylic acids is 1. The van der Waals surface area contributed by atoms with Gasteiger partial charge in [-0.2, -0.15) is 5.10 Å². The summed E-state index contributed by atoms with van der Waals surface area (Å²) in [5.74, 6) is 1.93. The molecule has 2 aliphatic carbocycles. The van der Waals surface area contributed by atoms with Gasteiger partial charge in [0, 0.05) is 17.5 Å². The van der Waals surface area contributed by atoms with Crippen molar-refractivity contribution in [1.82, 2.24) is 5.43 Å². The third-order valence-corrected chi connectivity index (χ3v) is 5.81. The van der Waals surface area contributed by atoms with E-state index in [1.54, 1.807) is 18.3 Å². The lowest BCUT2D eigenvalue weighted by Gasteiger charge is -2.15. The number of fused-ring (bicyclic) bond motifs is 2. The zero-order valence-electron chi connectivity index (χ0n) is 13.0. The van der Waals surface area contributed by atoms with E-state index in [0.717, 1.165) is 12.8 Å². The van der Waals surface area contributed by atoms with Crippen LogP contribution in [0.25, 0.3) is 0 Å². The van der Waals surface area contributed by atoms with Crippen LogP contribution in [-0.2, 0) is 4.79 Å². The molecule has 1 amide bonds. The predicted molar refractivity (Wildman–Crippen MR) is 86.9 cm³/mol. The van der Waals surface area contributed by atoms with Gasteiger partial charge in [-0.05, 0) is 30.2 Å². The lowest BCUT2D eigenvalue weighted by atomic mass is 9.90. The van der Waals surface area contributed by atoms with E-state index in [0.29, 0.717) is 28.0 Å². The Labute approximate surface area is 140 Å². The SMILES string of the molecule is C[C@]12CCCC[C@@H]1[C@@H]2C(=O)N/N=C\c1cc2c(cc1Cl)OCO2. The van der Waals surface area contributed by atoms with Gasteiger partial charge in [0.25, 0.3) is 0 Å². The molecule has 1 aromatic rings. The summed E-state index contributed by atoms with van der Waals surface area (Å²) in [5.41, 5.74) is 3.55. The number of hydrazone groups is 1. The molecule has 1 aliphatic heterocycles. The topological polar surface area (TPSA) is 59.9 Å². The fourth-order valence-corrected chi connectivity index (χ4v) is 4.32. The molecule has 23 heavy (non-hydrogen) atoms. The number of nitrogens with zero attached hydrogens (tertiary/aromatic N) is 1. The van der Waals surface area contributed by atoms with Gasteiger partial charge in [0.1, 0.15) is 0 Å². The van der Waals surface area contributed by atoms with Crippen LogP contribution in [0.3, 0.4) is 0 Å². The second-order valence-electron chi connectivity index (χ2n) is 6.80. The summed E-state index contributed by atoms with van der Waals surface area (Å²) in [5, 5.41) is 4.59. The highest BCUT2D eigenvalue weighted by atomic mass is 35.5. The highest BCUT2D eigenvalue weighted by Gasteiger charge is 2.64. The maximum absolute atomic E-state index is 12.3. The first kappa shape index (κ1) is 14.8. The predicted octanol–water partition coefficient (Wildman–Crippen LogP) is 3.35. The van der Waals surface area contributed by atoms with Crippen molar-refractivity contribution in [3.63, 3.8) is 0 Å². The monoisotopic (exact) mass is 334 g/mol. The lowest BCUT2D eigenvalue weighted by molar-refractivity contribution is -0.123. The van der Waals surface area contributed by atoms with Crippen LogP contribution in [0.4, 0.5) is 0 Å². The van der Waals surface area contributed by atoms with Crippen LogP contribution in [0.1, 0.15) is 38.2 Å². The Morgan fingerprint density at radius 2 is 2.17 bits per heavy atom. The molecule has 0 aromatic heterocycles. The van der Waals surface area contributed by atoms with Crippen molar-refractivity contribution in [1.29, 1.82) is 0 Å². The number of rotatable bonds is 3. The van der Waals surface area contributed by atoms with E-state index in [9.17, 15) is 4.79 Å². The molecule has 5 nitrogen and oxygen atoms in total. The molecule has 1 heterocycles. The maximum atomic E-state index is 12.3. The largest absolute Gasteiger partial charge is 0.454 e. The van der Waals surface area contributed by atoms with Crippen LogP contribution in [0, 0.1) is 17.3 Å². The number of hydrogen-bond donors (Lipinski definition) is 1. The first-order valence-electron chi connectivity index (χ1n) is 8.02. The number of benzene rings is 1. The van der Waals surface area contributed by atoms with E-state index < -0.39 is 0 Å². The Morgan fingerprint density at radius 3 is 2.91 bits per heavy atom. The Hall–Kier alpha value is -1.75. The second kappa shape index (κ2) is 5.41. The summed E-state index contributed by atoms with van der Waals surface area (Å²) < 4.78 is 10.6. The van der Waals surface area contributed by atoms with E-state index in [-0.39, 0.29) is 24.0 Å². The van der Waals surface area contributed by atoms with E-state index in [1.165, 1.54) is 12.8 Å². The van der Waals surface area contributed by atoms with Gasteiger partial charge in [-0.25, -0.2) is 5.43 Å². The summed E-state index contributed by atoms with van der Waals surface area (Å²) in [6, 6.07) is 3.46. The molecule has 0 bridgehead atoms. The van der Waals surface area contributed by atoms with Gasteiger partial charge in [0.2, 0.25) is 12.7 Å². The standard InChI is InChI=1S/C17H19ClN2O3/c1-17-5-3-2-4-11(17)15(17)16(21)20-19-8-10-6-13-14(7-12(10)18)23-9-22-13/h6-8,11,15H,2-5,9H2,1H3,(H,20,21)/b19-8-/t11-,15-,17+/m1/s1. The van der Waals surface area contributed by atoms with Crippen LogP contribution in [0.2, 0.25) is 5.02 Å². The molecular weight excluding hydrogens is 316 g/mol.